The zero-order valence-corrected chi connectivity index (χ0v) is 18.6. The van der Waals surface area contributed by atoms with Gasteiger partial charge in [0.2, 0.25) is 0 Å². The summed E-state index contributed by atoms with van der Waals surface area (Å²) in [5.74, 6) is 0.359. The van der Waals surface area contributed by atoms with Crippen LogP contribution in [0.5, 0.6) is 11.5 Å². The van der Waals surface area contributed by atoms with Crippen molar-refractivity contribution in [2.24, 2.45) is 5.73 Å². The molecule has 0 saturated heterocycles. The van der Waals surface area contributed by atoms with Gasteiger partial charge in [0.15, 0.2) is 0 Å². The van der Waals surface area contributed by atoms with Crippen molar-refractivity contribution in [2.45, 2.75) is 37.9 Å². The molecule has 0 bridgehead atoms. The van der Waals surface area contributed by atoms with Crippen LogP contribution in [0.4, 0.5) is 13.2 Å². The minimum Gasteiger partial charge on any atom is -0.457 e. The first kappa shape index (κ1) is 25.6. The van der Waals surface area contributed by atoms with Gasteiger partial charge in [-0.1, -0.05) is 23.7 Å². The fourth-order valence-electron chi connectivity index (χ4n) is 2.70. The third kappa shape index (κ3) is 8.44. The maximum Gasteiger partial charge on any atom is 0.471 e. The predicted octanol–water partition coefficient (Wildman–Crippen LogP) is 5.95. The molecule has 172 valence electrons. The molecular weight excluding hydrogens is 458 g/mol. The van der Waals surface area contributed by atoms with Crippen LogP contribution in [0, 0.1) is 0 Å². The maximum atomic E-state index is 12.8. The topological polar surface area (TPSA) is 91.0 Å². The van der Waals surface area contributed by atoms with Crippen molar-refractivity contribution >= 4 is 19.4 Å². The number of halogens is 4. The molecule has 0 spiro atoms. The van der Waals surface area contributed by atoms with Gasteiger partial charge in [0, 0.05) is 17.7 Å². The van der Waals surface area contributed by atoms with Crippen molar-refractivity contribution in [1.29, 1.82) is 0 Å². The fraction of sp³-hybridized carbons (Fsp3) is 0.400. The standard InChI is InChI=1S/C20H24ClF3NO5P/c1-19(25,13-29-31(26,27)28-2)10-4-5-14-8-9-17(12-18(14)21)30-16-7-3-6-15(11-16)20(22,23)24/h3,6-9,11-12H,4-5,10,13,25H2,1-2H3,(H,26,27)/t19-/m1/s1. The highest BCUT2D eigenvalue weighted by molar-refractivity contribution is 7.47. The van der Waals surface area contributed by atoms with E-state index in [9.17, 15) is 22.6 Å². The van der Waals surface area contributed by atoms with Crippen LogP contribution in [-0.2, 0) is 26.2 Å². The molecule has 2 aromatic carbocycles. The van der Waals surface area contributed by atoms with Gasteiger partial charge < -0.3 is 15.4 Å². The van der Waals surface area contributed by atoms with E-state index in [2.05, 4.69) is 4.52 Å². The average molecular weight is 482 g/mol. The lowest BCUT2D eigenvalue weighted by Gasteiger charge is -2.25. The van der Waals surface area contributed by atoms with Crippen molar-refractivity contribution in [2.75, 3.05) is 13.7 Å². The molecule has 0 aromatic heterocycles. The summed E-state index contributed by atoms with van der Waals surface area (Å²) in [7, 11) is -3.03. The van der Waals surface area contributed by atoms with E-state index < -0.39 is 25.1 Å². The number of hydrogen-bond donors (Lipinski definition) is 2. The summed E-state index contributed by atoms with van der Waals surface area (Å²) < 4.78 is 64.5. The monoisotopic (exact) mass is 481 g/mol. The van der Waals surface area contributed by atoms with Crippen LogP contribution in [0.1, 0.15) is 30.9 Å². The van der Waals surface area contributed by atoms with Crippen LogP contribution in [0.25, 0.3) is 0 Å². The summed E-state index contributed by atoms with van der Waals surface area (Å²) in [6, 6.07) is 9.45. The lowest BCUT2D eigenvalue weighted by Crippen LogP contribution is -2.41. The van der Waals surface area contributed by atoms with E-state index in [4.69, 9.17) is 26.6 Å². The second-order valence-corrected chi connectivity index (χ2v) is 9.28. The second kappa shape index (κ2) is 10.3. The van der Waals surface area contributed by atoms with Crippen LogP contribution in [0.15, 0.2) is 42.5 Å². The number of ether oxygens (including phenoxy) is 1. The summed E-state index contributed by atoms with van der Waals surface area (Å²) in [4.78, 5) is 9.28. The molecule has 0 saturated carbocycles. The molecule has 0 heterocycles. The van der Waals surface area contributed by atoms with Gasteiger partial charge in [-0.25, -0.2) is 4.57 Å². The van der Waals surface area contributed by atoms with Crippen molar-refractivity contribution in [1.82, 2.24) is 0 Å². The highest BCUT2D eigenvalue weighted by atomic mass is 35.5. The molecule has 2 rings (SSSR count). The number of nitrogens with two attached hydrogens (primary N) is 1. The van der Waals surface area contributed by atoms with Crippen LogP contribution < -0.4 is 10.5 Å². The van der Waals surface area contributed by atoms with E-state index in [1.165, 1.54) is 18.2 Å². The van der Waals surface area contributed by atoms with Gasteiger partial charge in [-0.15, -0.1) is 0 Å². The van der Waals surface area contributed by atoms with Crippen molar-refractivity contribution in [3.63, 3.8) is 0 Å². The first-order chi connectivity index (χ1) is 14.3. The number of phosphoric ester groups is 1. The first-order valence-corrected chi connectivity index (χ1v) is 11.1. The number of alkyl halides is 3. The Morgan fingerprint density at radius 1 is 1.16 bits per heavy atom. The maximum absolute atomic E-state index is 12.8. The molecule has 1 unspecified atom stereocenters. The molecule has 31 heavy (non-hydrogen) atoms. The zero-order chi connectivity index (χ0) is 23.3. The molecule has 2 atom stereocenters. The Kier molecular flexibility index (Phi) is 8.55. The zero-order valence-electron chi connectivity index (χ0n) is 17.0. The quantitative estimate of drug-likeness (QED) is 0.407. The second-order valence-electron chi connectivity index (χ2n) is 7.31. The van der Waals surface area contributed by atoms with E-state index >= 15 is 0 Å². The fourth-order valence-corrected chi connectivity index (χ4v) is 3.53. The van der Waals surface area contributed by atoms with Gasteiger partial charge in [-0.3, -0.25) is 9.05 Å². The molecule has 0 fully saturated rings. The normalized spacial score (nSPS) is 15.9. The van der Waals surface area contributed by atoms with Crippen molar-refractivity contribution in [3.8, 4) is 11.5 Å². The Morgan fingerprint density at radius 2 is 1.84 bits per heavy atom. The average Bonchev–Trinajstić information content (AvgIpc) is 2.68. The highest BCUT2D eigenvalue weighted by Gasteiger charge is 2.30. The number of aryl methyl sites for hydroxylation is 1. The SMILES string of the molecule is COP(=O)(O)OC[C@](C)(N)CCCc1ccc(Oc2cccc(C(F)(F)F)c2)cc1Cl. The van der Waals surface area contributed by atoms with Gasteiger partial charge >= 0.3 is 14.0 Å². The van der Waals surface area contributed by atoms with E-state index in [1.54, 1.807) is 19.1 Å². The Morgan fingerprint density at radius 3 is 2.45 bits per heavy atom. The predicted molar refractivity (Wildman–Crippen MR) is 111 cm³/mol. The molecule has 0 radical (unpaired) electrons. The van der Waals surface area contributed by atoms with E-state index in [-0.39, 0.29) is 12.4 Å². The van der Waals surface area contributed by atoms with Crippen molar-refractivity contribution < 1.29 is 36.4 Å². The van der Waals surface area contributed by atoms with E-state index in [0.29, 0.717) is 30.0 Å². The van der Waals surface area contributed by atoms with Crippen molar-refractivity contribution in [3.05, 3.63) is 58.6 Å². The molecule has 6 nitrogen and oxygen atoms in total. The molecule has 0 aliphatic heterocycles. The molecule has 0 amide bonds. The Labute approximate surface area is 183 Å². The van der Waals surface area contributed by atoms with Gasteiger partial charge in [-0.05, 0) is 62.1 Å². The summed E-state index contributed by atoms with van der Waals surface area (Å²) in [6.07, 6.45) is -2.79. The lowest BCUT2D eigenvalue weighted by atomic mass is 9.95. The summed E-state index contributed by atoms with van der Waals surface area (Å²) in [5.41, 5.74) is 5.24. The number of benzene rings is 2. The van der Waals surface area contributed by atoms with Gasteiger partial charge in [0.25, 0.3) is 0 Å². The summed E-state index contributed by atoms with van der Waals surface area (Å²) in [6.45, 7) is 1.53. The molecule has 0 aliphatic rings. The highest BCUT2D eigenvalue weighted by Crippen LogP contribution is 2.42. The number of rotatable bonds is 10. The number of phosphoric acid groups is 1. The van der Waals surface area contributed by atoms with E-state index in [1.807, 2.05) is 0 Å². The minimum absolute atomic E-state index is 0.0507. The molecule has 3 N–H and O–H groups in total. The largest absolute Gasteiger partial charge is 0.471 e. The van der Waals surface area contributed by atoms with E-state index in [0.717, 1.165) is 24.8 Å². The van der Waals surface area contributed by atoms with Crippen LogP contribution in [-0.4, -0.2) is 24.1 Å². The van der Waals surface area contributed by atoms with Gasteiger partial charge in [-0.2, -0.15) is 13.2 Å². The summed E-state index contributed by atoms with van der Waals surface area (Å²) in [5, 5.41) is 0.402. The molecule has 0 aliphatic carbocycles. The van der Waals surface area contributed by atoms with Crippen LogP contribution >= 0.6 is 19.4 Å². The van der Waals surface area contributed by atoms with Crippen LogP contribution in [0.2, 0.25) is 5.02 Å². The molecule has 2 aromatic rings. The first-order valence-electron chi connectivity index (χ1n) is 9.27. The van der Waals surface area contributed by atoms with Crippen LogP contribution in [0.3, 0.4) is 0 Å². The van der Waals surface area contributed by atoms with Gasteiger partial charge in [0.05, 0.1) is 12.2 Å². The molecular formula is C20H24ClF3NO5P. The Balaban J connectivity index is 1.94. The molecule has 11 heteroatoms. The van der Waals surface area contributed by atoms with Gasteiger partial charge in [0.1, 0.15) is 11.5 Å². The minimum atomic E-state index is -4.46. The Bertz CT molecular complexity index is 939. The smallest absolute Gasteiger partial charge is 0.457 e. The third-order valence-corrected chi connectivity index (χ3v) is 5.67. The number of hydrogen-bond acceptors (Lipinski definition) is 5. The Hall–Kier alpha value is -1.61. The summed E-state index contributed by atoms with van der Waals surface area (Å²) >= 11 is 6.29. The lowest BCUT2D eigenvalue weighted by molar-refractivity contribution is -0.137. The third-order valence-electron chi connectivity index (χ3n) is 4.40.